The molecule has 0 fully saturated rings. The van der Waals surface area contributed by atoms with Crippen molar-refractivity contribution in [3.63, 3.8) is 0 Å². The number of carbonyl (C=O) groups excluding carboxylic acids is 2. The van der Waals surface area contributed by atoms with E-state index >= 15 is 0 Å². The highest BCUT2D eigenvalue weighted by Gasteiger charge is 2.15. The summed E-state index contributed by atoms with van der Waals surface area (Å²) in [5.74, 6) is 0.314. The number of hydrazone groups is 1. The molecule has 0 aliphatic carbocycles. The molecule has 4 aromatic rings. The molecule has 6 nitrogen and oxygen atoms in total. The van der Waals surface area contributed by atoms with Gasteiger partial charge in [0.25, 0.3) is 5.91 Å². The fourth-order valence-electron chi connectivity index (χ4n) is 2.98. The number of rotatable bonds is 7. The van der Waals surface area contributed by atoms with Crippen molar-refractivity contribution in [1.82, 2.24) is 5.43 Å². The maximum Gasteiger partial charge on any atom is 0.353 e. The highest BCUT2D eigenvalue weighted by atomic mass is 32.1. The number of ether oxygens (including phenoxy) is 2. The van der Waals surface area contributed by atoms with E-state index in [1.54, 1.807) is 43.3 Å². The van der Waals surface area contributed by atoms with Crippen LogP contribution in [0.5, 0.6) is 11.5 Å². The van der Waals surface area contributed by atoms with Gasteiger partial charge < -0.3 is 9.47 Å². The molecule has 7 heteroatoms. The van der Waals surface area contributed by atoms with Crippen molar-refractivity contribution in [3.05, 3.63) is 94.7 Å². The van der Waals surface area contributed by atoms with Gasteiger partial charge in [-0.3, -0.25) is 4.79 Å². The second-order valence-corrected chi connectivity index (χ2v) is 7.86. The second-order valence-electron chi connectivity index (χ2n) is 6.91. The van der Waals surface area contributed by atoms with Crippen LogP contribution in [0.4, 0.5) is 0 Å². The lowest BCUT2D eigenvalue weighted by molar-refractivity contribution is -0.127. The van der Waals surface area contributed by atoms with Crippen molar-refractivity contribution in [3.8, 4) is 11.5 Å². The summed E-state index contributed by atoms with van der Waals surface area (Å²) in [7, 11) is 0. The summed E-state index contributed by atoms with van der Waals surface area (Å²) in [6.07, 6.45) is 0.782. The fraction of sp³-hybridized carbons (Fsp3) is 0.0800. The molecule has 0 aliphatic heterocycles. The Labute approximate surface area is 189 Å². The minimum absolute atomic E-state index is 0.365. The number of nitrogens with one attached hydrogen (secondary N) is 1. The normalized spacial score (nSPS) is 11.9. The number of nitrogens with zero attached hydrogens (tertiary/aromatic N) is 1. The minimum Gasteiger partial charge on any atom is -0.480 e. The molecule has 1 aromatic heterocycles. The lowest BCUT2D eigenvalue weighted by Crippen LogP contribution is -2.33. The van der Waals surface area contributed by atoms with Crippen LogP contribution in [0.1, 0.15) is 22.2 Å². The number of benzene rings is 3. The van der Waals surface area contributed by atoms with Gasteiger partial charge in [0, 0.05) is 5.39 Å². The average Bonchev–Trinajstić information content (AvgIpc) is 3.36. The van der Waals surface area contributed by atoms with Crippen LogP contribution >= 0.6 is 11.3 Å². The lowest BCUT2D eigenvalue weighted by atomic mass is 10.1. The molecule has 1 atom stereocenters. The van der Waals surface area contributed by atoms with Crippen molar-refractivity contribution >= 4 is 40.2 Å². The van der Waals surface area contributed by atoms with Crippen LogP contribution in [0, 0.1) is 0 Å². The monoisotopic (exact) mass is 444 g/mol. The van der Waals surface area contributed by atoms with Gasteiger partial charge in [-0.2, -0.15) is 5.10 Å². The molecule has 3 aromatic carbocycles. The fourth-order valence-corrected chi connectivity index (χ4v) is 3.58. The summed E-state index contributed by atoms with van der Waals surface area (Å²) in [6.45, 7) is 1.67. The molecule has 0 saturated carbocycles. The molecular weight excluding hydrogens is 424 g/mol. The van der Waals surface area contributed by atoms with E-state index in [9.17, 15) is 9.59 Å². The van der Waals surface area contributed by atoms with Gasteiger partial charge >= 0.3 is 5.97 Å². The van der Waals surface area contributed by atoms with Crippen LogP contribution in [0.15, 0.2) is 89.3 Å². The summed E-state index contributed by atoms with van der Waals surface area (Å²) in [6, 6.07) is 23.9. The predicted molar refractivity (Wildman–Crippen MR) is 125 cm³/mol. The van der Waals surface area contributed by atoms with E-state index in [1.165, 1.54) is 17.6 Å². The lowest BCUT2D eigenvalue weighted by Gasteiger charge is -2.14. The zero-order valence-corrected chi connectivity index (χ0v) is 18.0. The van der Waals surface area contributed by atoms with Crippen LogP contribution in [0.2, 0.25) is 0 Å². The number of thiophene rings is 1. The van der Waals surface area contributed by atoms with E-state index in [4.69, 9.17) is 9.47 Å². The Hall–Kier alpha value is -3.97. The van der Waals surface area contributed by atoms with Crippen LogP contribution < -0.4 is 14.9 Å². The summed E-state index contributed by atoms with van der Waals surface area (Å²) < 4.78 is 11.2. The van der Waals surface area contributed by atoms with Crippen LogP contribution in [-0.4, -0.2) is 24.2 Å². The first-order valence-corrected chi connectivity index (χ1v) is 10.8. The topological polar surface area (TPSA) is 77.0 Å². The SMILES string of the molecule is C[C@H](Oc1cccc2ccccc12)C(=O)N/N=C\c1ccc(OC(=O)c2cccs2)cc1. The van der Waals surface area contributed by atoms with Crippen molar-refractivity contribution in [2.45, 2.75) is 13.0 Å². The number of hydrogen-bond donors (Lipinski definition) is 1. The Kier molecular flexibility index (Phi) is 6.57. The van der Waals surface area contributed by atoms with Gasteiger partial charge in [0.2, 0.25) is 0 Å². The van der Waals surface area contributed by atoms with Gasteiger partial charge in [-0.1, -0.05) is 42.5 Å². The van der Waals surface area contributed by atoms with E-state index in [0.717, 1.165) is 16.3 Å². The van der Waals surface area contributed by atoms with Crippen molar-refractivity contribution in [2.24, 2.45) is 5.10 Å². The highest BCUT2D eigenvalue weighted by Crippen LogP contribution is 2.26. The van der Waals surface area contributed by atoms with Gasteiger partial charge in [0.15, 0.2) is 6.10 Å². The molecule has 0 unspecified atom stereocenters. The summed E-state index contributed by atoms with van der Waals surface area (Å²) in [5, 5.41) is 7.79. The zero-order valence-electron chi connectivity index (χ0n) is 17.2. The Morgan fingerprint density at radius 3 is 2.53 bits per heavy atom. The van der Waals surface area contributed by atoms with Crippen LogP contribution in [0.25, 0.3) is 10.8 Å². The van der Waals surface area contributed by atoms with Gasteiger partial charge in [-0.15, -0.1) is 11.3 Å². The van der Waals surface area contributed by atoms with E-state index in [2.05, 4.69) is 10.5 Å². The van der Waals surface area contributed by atoms with E-state index in [1.807, 2.05) is 47.8 Å². The standard InChI is InChI=1S/C25H20N2O4S/c1-17(30-22-9-4-7-19-6-2-3-8-21(19)22)24(28)27-26-16-18-11-13-20(14-12-18)31-25(29)23-10-5-15-32-23/h2-17H,1H3,(H,27,28)/b26-16-/t17-/m0/s1. The molecule has 0 radical (unpaired) electrons. The quantitative estimate of drug-likeness (QED) is 0.188. The molecule has 0 bridgehead atoms. The Balaban J connectivity index is 1.31. The molecule has 0 aliphatic rings. The first-order chi connectivity index (χ1) is 15.6. The number of fused-ring (bicyclic) bond motifs is 1. The predicted octanol–water partition coefficient (Wildman–Crippen LogP) is 5.04. The molecule has 1 heterocycles. The maximum absolute atomic E-state index is 12.4. The summed E-state index contributed by atoms with van der Waals surface area (Å²) >= 11 is 1.32. The van der Waals surface area contributed by atoms with E-state index in [-0.39, 0.29) is 5.91 Å². The van der Waals surface area contributed by atoms with Gasteiger partial charge in [-0.25, -0.2) is 10.2 Å². The van der Waals surface area contributed by atoms with Crippen LogP contribution in [-0.2, 0) is 4.79 Å². The summed E-state index contributed by atoms with van der Waals surface area (Å²) in [4.78, 5) is 24.9. The molecule has 0 saturated heterocycles. The highest BCUT2D eigenvalue weighted by molar-refractivity contribution is 7.12. The minimum atomic E-state index is -0.725. The number of carbonyl (C=O) groups is 2. The van der Waals surface area contributed by atoms with Crippen LogP contribution in [0.3, 0.4) is 0 Å². The van der Waals surface area contributed by atoms with E-state index in [0.29, 0.717) is 16.4 Å². The Bertz CT molecular complexity index is 1250. The molecule has 4 rings (SSSR count). The van der Waals surface area contributed by atoms with Gasteiger partial charge in [0.1, 0.15) is 16.4 Å². The zero-order chi connectivity index (χ0) is 22.3. The number of amides is 1. The first kappa shape index (κ1) is 21.3. The summed E-state index contributed by atoms with van der Waals surface area (Å²) in [5.41, 5.74) is 3.23. The van der Waals surface area contributed by atoms with E-state index < -0.39 is 12.1 Å². The molecule has 160 valence electrons. The average molecular weight is 445 g/mol. The molecule has 1 N–H and O–H groups in total. The molecular formula is C25H20N2O4S. The Morgan fingerprint density at radius 2 is 1.75 bits per heavy atom. The first-order valence-electron chi connectivity index (χ1n) is 9.93. The van der Waals surface area contributed by atoms with Gasteiger partial charge in [-0.05, 0) is 59.7 Å². The van der Waals surface area contributed by atoms with Crippen molar-refractivity contribution in [2.75, 3.05) is 0 Å². The number of hydrogen-bond acceptors (Lipinski definition) is 6. The largest absolute Gasteiger partial charge is 0.480 e. The third kappa shape index (κ3) is 5.19. The number of esters is 1. The molecule has 1 amide bonds. The van der Waals surface area contributed by atoms with Gasteiger partial charge in [0.05, 0.1) is 6.21 Å². The third-order valence-electron chi connectivity index (χ3n) is 4.62. The smallest absolute Gasteiger partial charge is 0.353 e. The second kappa shape index (κ2) is 9.89. The third-order valence-corrected chi connectivity index (χ3v) is 5.47. The van der Waals surface area contributed by atoms with Crippen molar-refractivity contribution in [1.29, 1.82) is 0 Å². The molecule has 32 heavy (non-hydrogen) atoms. The molecule has 0 spiro atoms. The maximum atomic E-state index is 12.4. The van der Waals surface area contributed by atoms with Crippen molar-refractivity contribution < 1.29 is 19.1 Å². The Morgan fingerprint density at radius 1 is 0.969 bits per heavy atom.